The summed E-state index contributed by atoms with van der Waals surface area (Å²) in [6.45, 7) is 3.51. The number of nitrogens with one attached hydrogen (secondary N) is 1. The number of hydrogen-bond donors (Lipinski definition) is 3. The van der Waals surface area contributed by atoms with Gasteiger partial charge in [0, 0.05) is 11.6 Å². The third-order valence-electron chi connectivity index (χ3n) is 2.49. The molecule has 1 fully saturated rings. The largest absolute Gasteiger partial charge is 0.390 e. The first-order valence-electron chi connectivity index (χ1n) is 4.75. The highest BCUT2D eigenvalue weighted by Crippen LogP contribution is 2.31. The van der Waals surface area contributed by atoms with Gasteiger partial charge in [0.2, 0.25) is 0 Å². The molecule has 1 aliphatic carbocycles. The monoisotopic (exact) mass is 199 g/mol. The van der Waals surface area contributed by atoms with Crippen LogP contribution in [0.5, 0.6) is 0 Å². The first-order valence-corrected chi connectivity index (χ1v) is 4.75. The van der Waals surface area contributed by atoms with Gasteiger partial charge in [-0.05, 0) is 33.1 Å². The molecule has 0 aliphatic heterocycles. The molecule has 0 spiro atoms. The van der Waals surface area contributed by atoms with Crippen molar-refractivity contribution in [2.75, 3.05) is 0 Å². The maximum Gasteiger partial charge on any atom is 0.332 e. The summed E-state index contributed by atoms with van der Waals surface area (Å²) in [6, 6.07) is -0.668. The Morgan fingerprint density at radius 1 is 1.71 bits per heavy atom. The van der Waals surface area contributed by atoms with Crippen LogP contribution in [0, 0.1) is 5.92 Å². The fourth-order valence-corrected chi connectivity index (χ4v) is 1.85. The van der Waals surface area contributed by atoms with Crippen LogP contribution in [0.15, 0.2) is 5.10 Å². The summed E-state index contributed by atoms with van der Waals surface area (Å²) in [5.74, 6) is 0.0225. The molecule has 0 radical (unpaired) electrons. The van der Waals surface area contributed by atoms with Crippen molar-refractivity contribution in [2.45, 2.75) is 38.7 Å². The van der Waals surface area contributed by atoms with Gasteiger partial charge in [0.25, 0.3) is 0 Å². The molecular weight excluding hydrogens is 182 g/mol. The summed E-state index contributed by atoms with van der Waals surface area (Å²) in [4.78, 5) is 10.5. The van der Waals surface area contributed by atoms with E-state index in [0.717, 1.165) is 25.0 Å². The summed E-state index contributed by atoms with van der Waals surface area (Å²) in [6.07, 6.45) is 2.71. The summed E-state index contributed by atoms with van der Waals surface area (Å²) in [7, 11) is 0. The van der Waals surface area contributed by atoms with Gasteiger partial charge in [0.05, 0.1) is 5.60 Å². The number of hydrazone groups is 1. The van der Waals surface area contributed by atoms with Crippen molar-refractivity contribution < 1.29 is 9.90 Å². The molecule has 1 aliphatic rings. The zero-order valence-corrected chi connectivity index (χ0v) is 8.58. The van der Waals surface area contributed by atoms with Crippen LogP contribution in [0.2, 0.25) is 0 Å². The van der Waals surface area contributed by atoms with Crippen molar-refractivity contribution >= 4 is 11.7 Å². The Morgan fingerprint density at radius 2 is 2.36 bits per heavy atom. The summed E-state index contributed by atoms with van der Waals surface area (Å²) in [5, 5.41) is 13.7. The molecule has 0 aromatic heterocycles. The van der Waals surface area contributed by atoms with Gasteiger partial charge in [0.1, 0.15) is 0 Å². The molecule has 2 amide bonds. The van der Waals surface area contributed by atoms with Gasteiger partial charge in [-0.3, -0.25) is 0 Å². The second-order valence-corrected chi connectivity index (χ2v) is 4.18. The van der Waals surface area contributed by atoms with Gasteiger partial charge in [-0.15, -0.1) is 0 Å². The third kappa shape index (κ3) is 2.70. The van der Waals surface area contributed by atoms with Crippen molar-refractivity contribution in [3.8, 4) is 0 Å². The lowest BCUT2D eigenvalue weighted by atomic mass is 9.89. The lowest BCUT2D eigenvalue weighted by Gasteiger charge is -2.25. The minimum atomic E-state index is -0.783. The molecule has 0 aromatic carbocycles. The van der Waals surface area contributed by atoms with Crippen molar-refractivity contribution in [1.82, 2.24) is 5.43 Å². The lowest BCUT2D eigenvalue weighted by Crippen LogP contribution is -2.35. The number of nitrogens with two attached hydrogens (primary N) is 1. The van der Waals surface area contributed by atoms with Gasteiger partial charge in [0.15, 0.2) is 0 Å². The molecule has 80 valence electrons. The maximum absolute atomic E-state index is 10.5. The summed E-state index contributed by atoms with van der Waals surface area (Å²) in [5.41, 5.74) is 7.16. The lowest BCUT2D eigenvalue weighted by molar-refractivity contribution is 0.0450. The number of aliphatic hydroxyl groups is 1. The molecule has 1 atom stereocenters. The van der Waals surface area contributed by atoms with Crippen molar-refractivity contribution in [2.24, 2.45) is 16.8 Å². The number of carbonyl (C=O) groups excluding carboxylic acids is 1. The average Bonchev–Trinajstić information content (AvgIpc) is 2.46. The Morgan fingerprint density at radius 3 is 2.86 bits per heavy atom. The van der Waals surface area contributed by atoms with Crippen LogP contribution in [-0.2, 0) is 0 Å². The second kappa shape index (κ2) is 3.96. The van der Waals surface area contributed by atoms with Gasteiger partial charge >= 0.3 is 6.03 Å². The summed E-state index contributed by atoms with van der Waals surface area (Å²) < 4.78 is 0. The average molecular weight is 199 g/mol. The van der Waals surface area contributed by atoms with E-state index in [4.69, 9.17) is 5.73 Å². The highest BCUT2D eigenvalue weighted by atomic mass is 16.3. The molecule has 0 bridgehead atoms. The Kier molecular flexibility index (Phi) is 3.10. The number of urea groups is 1. The van der Waals surface area contributed by atoms with Crippen molar-refractivity contribution in [3.05, 3.63) is 0 Å². The highest BCUT2D eigenvalue weighted by molar-refractivity contribution is 5.90. The number of carbonyl (C=O) groups is 1. The van der Waals surface area contributed by atoms with E-state index >= 15 is 0 Å². The van der Waals surface area contributed by atoms with E-state index in [9.17, 15) is 9.90 Å². The fraction of sp³-hybridized carbons (Fsp3) is 0.778. The van der Waals surface area contributed by atoms with E-state index in [1.165, 1.54) is 0 Å². The molecule has 1 saturated carbocycles. The standard InChI is InChI=1S/C9H17N3O2/c1-9(2,14)6-4-3-5-7(6)11-12-8(10)13/h6,14H,3-5H2,1-2H3,(H3,10,12,13)/b11-7+/t6-/m0/s1. The quantitative estimate of drug-likeness (QED) is 0.568. The highest BCUT2D eigenvalue weighted by Gasteiger charge is 2.34. The van der Waals surface area contributed by atoms with E-state index < -0.39 is 11.6 Å². The van der Waals surface area contributed by atoms with Crippen LogP contribution in [0.4, 0.5) is 4.79 Å². The van der Waals surface area contributed by atoms with E-state index in [2.05, 4.69) is 10.5 Å². The molecule has 5 nitrogen and oxygen atoms in total. The minimum absolute atomic E-state index is 0.0225. The Hall–Kier alpha value is -1.10. The maximum atomic E-state index is 10.5. The zero-order chi connectivity index (χ0) is 10.8. The number of hydrogen-bond acceptors (Lipinski definition) is 3. The second-order valence-electron chi connectivity index (χ2n) is 4.18. The number of primary amides is 1. The normalized spacial score (nSPS) is 25.4. The van der Waals surface area contributed by atoms with E-state index in [1.807, 2.05) is 0 Å². The minimum Gasteiger partial charge on any atom is -0.390 e. The van der Waals surface area contributed by atoms with Gasteiger partial charge < -0.3 is 10.8 Å². The first kappa shape index (κ1) is 11.0. The molecule has 14 heavy (non-hydrogen) atoms. The molecule has 0 aromatic rings. The third-order valence-corrected chi connectivity index (χ3v) is 2.49. The van der Waals surface area contributed by atoms with Crippen LogP contribution >= 0.6 is 0 Å². The van der Waals surface area contributed by atoms with Crippen LogP contribution < -0.4 is 11.2 Å². The van der Waals surface area contributed by atoms with E-state index in [1.54, 1.807) is 13.8 Å². The molecule has 0 unspecified atom stereocenters. The van der Waals surface area contributed by atoms with Crippen LogP contribution in [0.1, 0.15) is 33.1 Å². The van der Waals surface area contributed by atoms with E-state index in [-0.39, 0.29) is 5.92 Å². The predicted molar refractivity (Wildman–Crippen MR) is 53.8 cm³/mol. The van der Waals surface area contributed by atoms with Gasteiger partial charge in [-0.1, -0.05) is 0 Å². The Balaban J connectivity index is 2.68. The molecule has 4 N–H and O–H groups in total. The fourth-order valence-electron chi connectivity index (χ4n) is 1.85. The number of rotatable bonds is 2. The van der Waals surface area contributed by atoms with Crippen LogP contribution in [0.25, 0.3) is 0 Å². The van der Waals surface area contributed by atoms with E-state index in [0.29, 0.717) is 0 Å². The van der Waals surface area contributed by atoms with Crippen LogP contribution in [0.3, 0.4) is 0 Å². The molecule has 5 heteroatoms. The summed E-state index contributed by atoms with van der Waals surface area (Å²) >= 11 is 0. The van der Waals surface area contributed by atoms with Crippen LogP contribution in [-0.4, -0.2) is 22.5 Å². The van der Waals surface area contributed by atoms with Crippen molar-refractivity contribution in [1.29, 1.82) is 0 Å². The number of nitrogens with zero attached hydrogens (tertiary/aromatic N) is 1. The van der Waals surface area contributed by atoms with Gasteiger partial charge in [-0.25, -0.2) is 10.2 Å². The first-order chi connectivity index (χ1) is 6.41. The zero-order valence-electron chi connectivity index (χ0n) is 8.58. The Labute approximate surface area is 83.4 Å². The smallest absolute Gasteiger partial charge is 0.332 e. The van der Waals surface area contributed by atoms with Gasteiger partial charge in [-0.2, -0.15) is 5.10 Å². The topological polar surface area (TPSA) is 87.7 Å². The Bertz CT molecular complexity index is 255. The predicted octanol–water partition coefficient (Wildman–Crippen LogP) is 0.582. The molecule has 0 heterocycles. The molecule has 1 rings (SSSR count). The van der Waals surface area contributed by atoms with Crippen molar-refractivity contribution in [3.63, 3.8) is 0 Å². The number of amides is 2. The molecule has 0 saturated heterocycles. The SMILES string of the molecule is CC(C)(O)[C@H]1CCC/C1=N\NC(N)=O. The molecular formula is C9H17N3O2.